The van der Waals surface area contributed by atoms with Crippen molar-refractivity contribution in [1.82, 2.24) is 31.1 Å². The van der Waals surface area contributed by atoms with Gasteiger partial charge < -0.3 is 35.8 Å². The van der Waals surface area contributed by atoms with Crippen LogP contribution in [0.3, 0.4) is 0 Å². The van der Waals surface area contributed by atoms with Crippen LogP contribution in [-0.2, 0) is 33.5 Å². The molecule has 1 heterocycles. The molecule has 4 N–H and O–H groups in total. The highest BCUT2D eigenvalue weighted by atomic mass is 16.6. The van der Waals surface area contributed by atoms with Gasteiger partial charge in [-0.05, 0) is 61.9 Å². The molecule has 6 amide bonds. The first-order valence-electron chi connectivity index (χ1n) is 18.0. The number of rotatable bonds is 13. The molecule has 0 aromatic rings. The fraction of sp³-hybridized carbons (Fsp3) is 0.658. The number of unbranched alkanes of at least 4 members (excludes halogenated alkanes) is 1. The Bertz CT molecular complexity index is 1530. The number of likely N-dealkylation sites (tertiary alicyclic amines) is 1. The minimum absolute atomic E-state index is 0.0281. The molecule has 0 aromatic carbocycles. The molecule has 2 aliphatic carbocycles. The fourth-order valence-corrected chi connectivity index (χ4v) is 6.77. The highest BCUT2D eigenvalue weighted by Crippen LogP contribution is 2.65. The fourth-order valence-electron chi connectivity index (χ4n) is 6.77. The van der Waals surface area contributed by atoms with E-state index < -0.39 is 77.1 Å². The van der Waals surface area contributed by atoms with Gasteiger partial charge in [0.15, 0.2) is 0 Å². The van der Waals surface area contributed by atoms with E-state index in [2.05, 4.69) is 21.3 Å². The lowest BCUT2D eigenvalue weighted by Gasteiger charge is -2.38. The van der Waals surface area contributed by atoms with E-state index in [-0.39, 0.29) is 29.4 Å². The van der Waals surface area contributed by atoms with Gasteiger partial charge in [-0.15, -0.1) is 0 Å². The molecule has 0 spiro atoms. The molecule has 1 saturated heterocycles. The summed E-state index contributed by atoms with van der Waals surface area (Å²) in [6.45, 7) is 16.3. The van der Waals surface area contributed by atoms with Gasteiger partial charge in [0.1, 0.15) is 23.4 Å². The van der Waals surface area contributed by atoms with E-state index in [0.29, 0.717) is 31.4 Å². The normalized spacial score (nSPS) is 22.3. The number of alkyl carbamates (subject to hydrolysis) is 1. The zero-order chi connectivity index (χ0) is 39.3. The van der Waals surface area contributed by atoms with Crippen LogP contribution in [0.5, 0.6) is 0 Å². The first-order valence-corrected chi connectivity index (χ1v) is 18.0. The SMILES string of the molecule is CCCCC(NC(=O)[C@@H]1[C@@H]2C(CN1C(=O)[C@@H](NC(=O)OC(C)(C)C)C(C)(C)C)C2(C)C)C(=O)C(=O)NCC(=O)NC(C(=O)N(C)C)=C1C=CC=CC1. The number of amides is 6. The molecule has 1 aliphatic heterocycles. The first-order chi connectivity index (χ1) is 24.0. The van der Waals surface area contributed by atoms with E-state index in [1.807, 2.05) is 53.7 Å². The van der Waals surface area contributed by atoms with Crippen LogP contribution in [0.1, 0.15) is 88.0 Å². The summed E-state index contributed by atoms with van der Waals surface area (Å²) < 4.78 is 5.43. The zero-order valence-electron chi connectivity index (χ0n) is 32.6. The number of allylic oxidation sites excluding steroid dienone is 5. The molecule has 14 nitrogen and oxygen atoms in total. The maximum Gasteiger partial charge on any atom is 0.408 e. The molecule has 5 atom stereocenters. The molecular weight excluding hydrogens is 668 g/mol. The number of nitrogens with zero attached hydrogens (tertiary/aromatic N) is 2. The van der Waals surface area contributed by atoms with Crippen molar-refractivity contribution in [2.45, 2.75) is 112 Å². The molecule has 288 valence electrons. The highest BCUT2D eigenvalue weighted by Gasteiger charge is 2.70. The van der Waals surface area contributed by atoms with E-state index in [1.54, 1.807) is 47.0 Å². The summed E-state index contributed by atoms with van der Waals surface area (Å²) in [5.74, 6) is -4.30. The maximum absolute atomic E-state index is 14.2. The van der Waals surface area contributed by atoms with Gasteiger partial charge >= 0.3 is 6.09 Å². The summed E-state index contributed by atoms with van der Waals surface area (Å²) >= 11 is 0. The summed E-state index contributed by atoms with van der Waals surface area (Å²) in [5.41, 5.74) is -1.11. The van der Waals surface area contributed by atoms with Crippen molar-refractivity contribution in [3.63, 3.8) is 0 Å². The Kier molecular flexibility index (Phi) is 13.3. The predicted octanol–water partition coefficient (Wildman–Crippen LogP) is 2.74. The molecule has 1 saturated carbocycles. The van der Waals surface area contributed by atoms with Gasteiger partial charge in [-0.25, -0.2) is 4.79 Å². The number of fused-ring (bicyclic) bond motifs is 1. The van der Waals surface area contributed by atoms with Gasteiger partial charge in [-0.1, -0.05) is 78.7 Å². The lowest BCUT2D eigenvalue weighted by molar-refractivity contribution is -0.145. The minimum Gasteiger partial charge on any atom is -0.444 e. The second kappa shape index (κ2) is 16.5. The third-order valence-corrected chi connectivity index (χ3v) is 9.73. The lowest BCUT2D eigenvalue weighted by atomic mass is 9.85. The van der Waals surface area contributed by atoms with Crippen molar-refractivity contribution in [2.75, 3.05) is 27.2 Å². The van der Waals surface area contributed by atoms with Gasteiger partial charge in [0.2, 0.25) is 23.5 Å². The summed E-state index contributed by atoms with van der Waals surface area (Å²) in [5, 5.41) is 10.4. The third-order valence-electron chi connectivity index (χ3n) is 9.73. The second-order valence-electron chi connectivity index (χ2n) is 16.7. The van der Waals surface area contributed by atoms with Crippen molar-refractivity contribution >= 4 is 41.4 Å². The monoisotopic (exact) mass is 726 g/mol. The smallest absolute Gasteiger partial charge is 0.408 e. The molecule has 14 heteroatoms. The number of Topliss-reactive ketones (excluding diaryl/α,β-unsaturated/α-hetero) is 1. The van der Waals surface area contributed by atoms with Crippen LogP contribution in [-0.4, -0.2) is 102 Å². The van der Waals surface area contributed by atoms with Gasteiger partial charge in [-0.3, -0.25) is 28.8 Å². The number of ketones is 1. The molecule has 2 fully saturated rings. The highest BCUT2D eigenvalue weighted by molar-refractivity contribution is 6.38. The number of likely N-dealkylation sites (N-methyl/N-ethyl adjacent to an activating group) is 1. The van der Waals surface area contributed by atoms with E-state index in [4.69, 9.17) is 4.74 Å². The van der Waals surface area contributed by atoms with Crippen LogP contribution >= 0.6 is 0 Å². The van der Waals surface area contributed by atoms with Crippen LogP contribution in [0.2, 0.25) is 0 Å². The number of carbonyl (C=O) groups is 7. The van der Waals surface area contributed by atoms with E-state index >= 15 is 0 Å². The summed E-state index contributed by atoms with van der Waals surface area (Å²) in [6.07, 6.45) is 8.15. The van der Waals surface area contributed by atoms with Crippen LogP contribution in [0.4, 0.5) is 4.79 Å². The Balaban J connectivity index is 1.76. The summed E-state index contributed by atoms with van der Waals surface area (Å²) in [4.78, 5) is 96.2. The Morgan fingerprint density at radius 1 is 1.00 bits per heavy atom. The Morgan fingerprint density at radius 3 is 2.19 bits per heavy atom. The van der Waals surface area contributed by atoms with E-state index in [1.165, 1.54) is 9.80 Å². The van der Waals surface area contributed by atoms with Gasteiger partial charge in [0.05, 0.1) is 12.6 Å². The average molecular weight is 727 g/mol. The molecule has 0 bridgehead atoms. The standard InChI is InChI=1S/C38H58N6O8/c1-12-13-19-24(29(46)32(48)39-20-25(45)41-27(33(49)43(10)11)22-17-15-14-16-18-22)40-31(47)28-26-23(38(26,8)9)21-44(28)34(50)30(36(2,3)4)42-35(51)52-37(5,6)7/h14-17,23-24,26,28,30H,12-13,18-21H2,1-11H3,(H,39,48)(H,40,47)(H,41,45)(H,42,51)/t23?,24?,26-,28-,30+/m0/s1. The number of nitrogens with one attached hydrogen (secondary N) is 4. The molecule has 52 heavy (non-hydrogen) atoms. The predicted molar refractivity (Wildman–Crippen MR) is 195 cm³/mol. The quantitative estimate of drug-likeness (QED) is 0.165. The van der Waals surface area contributed by atoms with Gasteiger partial charge in [0.25, 0.3) is 11.8 Å². The van der Waals surface area contributed by atoms with Crippen LogP contribution in [0.25, 0.3) is 0 Å². The zero-order valence-corrected chi connectivity index (χ0v) is 32.6. The second-order valence-corrected chi connectivity index (χ2v) is 16.7. The minimum atomic E-state index is -1.21. The summed E-state index contributed by atoms with van der Waals surface area (Å²) in [6, 6.07) is -3.16. The molecule has 0 radical (unpaired) electrons. The average Bonchev–Trinajstić information content (AvgIpc) is 3.35. The number of carbonyl (C=O) groups excluding carboxylic acids is 7. The molecule has 3 aliphatic rings. The van der Waals surface area contributed by atoms with Crippen molar-refractivity contribution in [2.24, 2.45) is 22.7 Å². The van der Waals surface area contributed by atoms with Crippen molar-refractivity contribution in [3.05, 3.63) is 35.6 Å². The molecule has 2 unspecified atom stereocenters. The number of hydrogen-bond donors (Lipinski definition) is 4. The van der Waals surface area contributed by atoms with Crippen molar-refractivity contribution < 1.29 is 38.3 Å². The van der Waals surface area contributed by atoms with Crippen molar-refractivity contribution in [3.8, 4) is 0 Å². The van der Waals surface area contributed by atoms with Gasteiger partial charge in [0, 0.05) is 20.6 Å². The largest absolute Gasteiger partial charge is 0.444 e. The maximum atomic E-state index is 14.2. The topological polar surface area (TPSA) is 183 Å². The molecular formula is C38H58N6O8. The van der Waals surface area contributed by atoms with Crippen LogP contribution in [0.15, 0.2) is 35.6 Å². The Labute approximate surface area is 307 Å². The van der Waals surface area contributed by atoms with E-state index in [9.17, 15) is 33.6 Å². The Morgan fingerprint density at radius 2 is 1.65 bits per heavy atom. The third kappa shape index (κ3) is 10.3. The van der Waals surface area contributed by atoms with Crippen molar-refractivity contribution in [1.29, 1.82) is 0 Å². The van der Waals surface area contributed by atoms with Gasteiger partial charge in [-0.2, -0.15) is 0 Å². The van der Waals surface area contributed by atoms with Crippen LogP contribution in [0, 0.1) is 22.7 Å². The molecule has 0 aromatic heterocycles. The van der Waals surface area contributed by atoms with E-state index in [0.717, 1.165) is 0 Å². The molecule has 3 rings (SSSR count). The first kappa shape index (κ1) is 41.9. The van der Waals surface area contributed by atoms with Crippen LogP contribution < -0.4 is 21.3 Å². The number of hydrogen-bond acceptors (Lipinski definition) is 8. The number of ether oxygens (including phenoxy) is 1. The summed E-state index contributed by atoms with van der Waals surface area (Å²) in [7, 11) is 3.11. The lowest BCUT2D eigenvalue weighted by Crippen LogP contribution is -2.60. The Hall–Kier alpha value is -4.49. The number of piperidine rings is 1.